The highest BCUT2D eigenvalue weighted by Gasteiger charge is 2.28. The Kier molecular flexibility index (Phi) is 4.43. The van der Waals surface area contributed by atoms with Crippen LogP contribution in [0.25, 0.3) is 0 Å². The van der Waals surface area contributed by atoms with Gasteiger partial charge < -0.3 is 5.32 Å². The molecule has 0 bridgehead atoms. The second kappa shape index (κ2) is 6.85. The smallest absolute Gasteiger partial charge is 0.267 e. The number of nitrogens with one attached hydrogen (secondary N) is 1. The Balaban J connectivity index is 1.34. The fourth-order valence-corrected chi connectivity index (χ4v) is 3.57. The number of pyridine rings is 1. The van der Waals surface area contributed by atoms with Gasteiger partial charge in [-0.15, -0.1) is 0 Å². The standard InChI is InChI=1S/C19H24N4O/c24-19-11-10-18(14-4-5-14)22-23(19)17-8-6-15(7-9-17)21-13-16-3-1-2-12-20-16/h1-3,10-12,14-15,17,21H,4-9,13H2. The van der Waals surface area contributed by atoms with E-state index < -0.39 is 0 Å². The Morgan fingerprint density at radius 2 is 1.88 bits per heavy atom. The van der Waals surface area contributed by atoms with Gasteiger partial charge in [0.25, 0.3) is 5.56 Å². The largest absolute Gasteiger partial charge is 0.308 e. The summed E-state index contributed by atoms with van der Waals surface area (Å²) < 4.78 is 1.75. The Bertz CT molecular complexity index is 731. The summed E-state index contributed by atoms with van der Waals surface area (Å²) in [4.78, 5) is 16.5. The fraction of sp³-hybridized carbons (Fsp3) is 0.526. The molecule has 0 saturated heterocycles. The normalized spacial score (nSPS) is 24.0. The molecule has 0 aliphatic heterocycles. The lowest BCUT2D eigenvalue weighted by molar-refractivity contribution is 0.267. The Hall–Kier alpha value is -2.01. The van der Waals surface area contributed by atoms with Gasteiger partial charge in [0.1, 0.15) is 0 Å². The molecule has 4 rings (SSSR count). The van der Waals surface area contributed by atoms with Crippen molar-refractivity contribution in [1.29, 1.82) is 0 Å². The number of nitrogens with zero attached hydrogens (tertiary/aromatic N) is 3. The van der Waals surface area contributed by atoms with Gasteiger partial charge in [-0.2, -0.15) is 5.10 Å². The first-order chi connectivity index (χ1) is 11.8. The van der Waals surface area contributed by atoms with E-state index >= 15 is 0 Å². The summed E-state index contributed by atoms with van der Waals surface area (Å²) >= 11 is 0. The molecular formula is C19H24N4O. The van der Waals surface area contributed by atoms with Crippen molar-refractivity contribution in [2.75, 3.05) is 0 Å². The van der Waals surface area contributed by atoms with Crippen LogP contribution < -0.4 is 10.9 Å². The maximum atomic E-state index is 12.2. The highest BCUT2D eigenvalue weighted by molar-refractivity contribution is 5.13. The van der Waals surface area contributed by atoms with Gasteiger partial charge in [-0.1, -0.05) is 6.07 Å². The molecule has 24 heavy (non-hydrogen) atoms. The molecule has 2 fully saturated rings. The quantitative estimate of drug-likeness (QED) is 0.919. The van der Waals surface area contributed by atoms with Crippen molar-refractivity contribution >= 4 is 0 Å². The van der Waals surface area contributed by atoms with E-state index in [1.165, 1.54) is 12.8 Å². The minimum atomic E-state index is 0.0456. The van der Waals surface area contributed by atoms with Crippen molar-refractivity contribution in [1.82, 2.24) is 20.1 Å². The molecule has 0 spiro atoms. The lowest BCUT2D eigenvalue weighted by Gasteiger charge is -2.29. The van der Waals surface area contributed by atoms with Gasteiger partial charge >= 0.3 is 0 Å². The number of aromatic nitrogens is 3. The van der Waals surface area contributed by atoms with Gasteiger partial charge in [-0.3, -0.25) is 9.78 Å². The van der Waals surface area contributed by atoms with Crippen LogP contribution in [-0.4, -0.2) is 20.8 Å². The van der Waals surface area contributed by atoms with Gasteiger partial charge in [0.2, 0.25) is 0 Å². The van der Waals surface area contributed by atoms with E-state index in [0.29, 0.717) is 12.0 Å². The maximum Gasteiger partial charge on any atom is 0.267 e. The van der Waals surface area contributed by atoms with Crippen LogP contribution in [0.15, 0.2) is 41.3 Å². The predicted molar refractivity (Wildman–Crippen MR) is 92.8 cm³/mol. The second-order valence-corrected chi connectivity index (χ2v) is 7.02. The molecule has 5 nitrogen and oxygen atoms in total. The Labute approximate surface area is 142 Å². The van der Waals surface area contributed by atoms with Crippen molar-refractivity contribution in [3.8, 4) is 0 Å². The lowest BCUT2D eigenvalue weighted by atomic mass is 9.91. The molecule has 2 aromatic heterocycles. The molecule has 2 heterocycles. The molecule has 2 aliphatic carbocycles. The zero-order chi connectivity index (χ0) is 16.4. The van der Waals surface area contributed by atoms with E-state index in [1.54, 1.807) is 10.7 Å². The molecule has 0 unspecified atom stereocenters. The van der Waals surface area contributed by atoms with Crippen LogP contribution in [0.5, 0.6) is 0 Å². The molecule has 2 saturated carbocycles. The van der Waals surface area contributed by atoms with Crippen LogP contribution in [0.1, 0.15) is 61.9 Å². The summed E-state index contributed by atoms with van der Waals surface area (Å²) in [5.74, 6) is 0.591. The summed E-state index contributed by atoms with van der Waals surface area (Å²) in [6.07, 6.45) is 8.46. The molecule has 0 radical (unpaired) electrons. The van der Waals surface area contributed by atoms with E-state index in [1.807, 2.05) is 30.5 Å². The van der Waals surface area contributed by atoms with Crippen LogP contribution in [-0.2, 0) is 6.54 Å². The van der Waals surface area contributed by atoms with Crippen molar-refractivity contribution in [2.45, 2.75) is 63.1 Å². The maximum absolute atomic E-state index is 12.2. The van der Waals surface area contributed by atoms with Gasteiger partial charge in [0, 0.05) is 30.8 Å². The monoisotopic (exact) mass is 324 g/mol. The van der Waals surface area contributed by atoms with E-state index in [4.69, 9.17) is 0 Å². The van der Waals surface area contributed by atoms with Crippen LogP contribution in [0.3, 0.4) is 0 Å². The first kappa shape index (κ1) is 15.5. The van der Waals surface area contributed by atoms with Crippen molar-refractivity contribution in [2.24, 2.45) is 0 Å². The molecule has 2 aliphatic rings. The number of hydrogen-bond donors (Lipinski definition) is 1. The first-order valence-electron chi connectivity index (χ1n) is 9.02. The van der Waals surface area contributed by atoms with E-state index in [-0.39, 0.29) is 11.6 Å². The van der Waals surface area contributed by atoms with Crippen LogP contribution in [0.4, 0.5) is 0 Å². The Morgan fingerprint density at radius 3 is 2.58 bits per heavy atom. The highest BCUT2D eigenvalue weighted by atomic mass is 16.1. The molecule has 126 valence electrons. The average Bonchev–Trinajstić information content (AvgIpc) is 3.47. The summed E-state index contributed by atoms with van der Waals surface area (Å²) in [6.45, 7) is 0.811. The van der Waals surface area contributed by atoms with Crippen molar-refractivity contribution in [3.63, 3.8) is 0 Å². The predicted octanol–water partition coefficient (Wildman–Crippen LogP) is 2.79. The fourth-order valence-electron chi connectivity index (χ4n) is 3.57. The zero-order valence-corrected chi connectivity index (χ0v) is 13.9. The molecular weight excluding hydrogens is 300 g/mol. The number of hydrogen-bond acceptors (Lipinski definition) is 4. The van der Waals surface area contributed by atoms with Gasteiger partial charge in [0.05, 0.1) is 17.4 Å². The summed E-state index contributed by atoms with van der Waals surface area (Å²) in [6, 6.07) is 10.4. The highest BCUT2D eigenvalue weighted by Crippen LogP contribution is 2.38. The Morgan fingerprint density at radius 1 is 1.04 bits per heavy atom. The third kappa shape index (κ3) is 3.56. The second-order valence-electron chi connectivity index (χ2n) is 7.02. The molecule has 0 atom stereocenters. The number of rotatable bonds is 5. The molecule has 2 aromatic rings. The van der Waals surface area contributed by atoms with Gasteiger partial charge in [-0.25, -0.2) is 4.68 Å². The topological polar surface area (TPSA) is 59.8 Å². The molecule has 1 N–H and O–H groups in total. The van der Waals surface area contributed by atoms with E-state index in [9.17, 15) is 4.79 Å². The SMILES string of the molecule is O=c1ccc(C2CC2)nn1C1CCC(NCc2ccccn2)CC1. The summed E-state index contributed by atoms with van der Waals surface area (Å²) in [7, 11) is 0. The molecule has 0 amide bonds. The van der Waals surface area contributed by atoms with Gasteiger partial charge in [-0.05, 0) is 56.7 Å². The third-order valence-corrected chi connectivity index (χ3v) is 5.18. The van der Waals surface area contributed by atoms with Crippen LogP contribution >= 0.6 is 0 Å². The minimum absolute atomic E-state index is 0.0456. The third-order valence-electron chi connectivity index (χ3n) is 5.18. The zero-order valence-electron chi connectivity index (χ0n) is 13.9. The van der Waals surface area contributed by atoms with E-state index in [2.05, 4.69) is 15.4 Å². The van der Waals surface area contributed by atoms with Gasteiger partial charge in [0.15, 0.2) is 0 Å². The van der Waals surface area contributed by atoms with E-state index in [0.717, 1.165) is 43.6 Å². The van der Waals surface area contributed by atoms with Crippen molar-refractivity contribution in [3.05, 3.63) is 58.3 Å². The minimum Gasteiger partial charge on any atom is -0.308 e. The average molecular weight is 324 g/mol. The molecule has 0 aromatic carbocycles. The lowest BCUT2D eigenvalue weighted by Crippen LogP contribution is -2.36. The molecule has 5 heteroatoms. The van der Waals surface area contributed by atoms with Crippen molar-refractivity contribution < 1.29 is 0 Å². The van der Waals surface area contributed by atoms with Crippen LogP contribution in [0.2, 0.25) is 0 Å². The summed E-state index contributed by atoms with van der Waals surface area (Å²) in [5.41, 5.74) is 2.23. The van der Waals surface area contributed by atoms with Crippen LogP contribution in [0, 0.1) is 0 Å². The first-order valence-corrected chi connectivity index (χ1v) is 9.02. The summed E-state index contributed by atoms with van der Waals surface area (Å²) in [5, 5.41) is 8.24.